The van der Waals surface area contributed by atoms with Crippen molar-refractivity contribution in [2.24, 2.45) is 23.7 Å². The third-order valence-corrected chi connectivity index (χ3v) is 11.4. The highest BCUT2D eigenvalue weighted by Crippen LogP contribution is 2.31. The summed E-state index contributed by atoms with van der Waals surface area (Å²) in [5.74, 6) is 6.67. The molecule has 7 rings (SSSR count). The van der Waals surface area contributed by atoms with Gasteiger partial charge in [-0.05, 0) is 133 Å². The van der Waals surface area contributed by atoms with Crippen LogP contribution < -0.4 is 18.9 Å². The summed E-state index contributed by atoms with van der Waals surface area (Å²) >= 11 is 0. The maximum atomic E-state index is 6.13. The van der Waals surface area contributed by atoms with Crippen LogP contribution in [0.3, 0.4) is 0 Å². The lowest BCUT2D eigenvalue weighted by molar-refractivity contribution is 0.241. The molecule has 7 nitrogen and oxygen atoms in total. The molecule has 3 heterocycles. The van der Waals surface area contributed by atoms with E-state index in [9.17, 15) is 0 Å². The minimum absolute atomic E-state index is 0.464. The lowest BCUT2D eigenvalue weighted by Gasteiger charge is -2.16. The minimum Gasteiger partial charge on any atom is -0.493 e. The first-order chi connectivity index (χ1) is 28.3. The van der Waals surface area contributed by atoms with Crippen LogP contribution in [0.5, 0.6) is 34.8 Å². The monoisotopic (exact) mass is 783 g/mol. The van der Waals surface area contributed by atoms with Gasteiger partial charge in [-0.1, -0.05) is 95.1 Å². The Bertz CT molecular complexity index is 1810. The minimum atomic E-state index is 0.464. The van der Waals surface area contributed by atoms with E-state index in [4.69, 9.17) is 28.4 Å². The zero-order valence-electron chi connectivity index (χ0n) is 34.8. The second-order valence-electron chi connectivity index (χ2n) is 16.9. The Kier molecular flexibility index (Phi) is 14.8. The second-order valence-corrected chi connectivity index (χ2v) is 16.9. The molecule has 0 radical (unpaired) electrons. The van der Waals surface area contributed by atoms with E-state index in [2.05, 4.69) is 105 Å². The van der Waals surface area contributed by atoms with Crippen molar-refractivity contribution < 1.29 is 28.4 Å². The average Bonchev–Trinajstić information content (AvgIpc) is 4.20. The average molecular weight is 784 g/mol. The van der Waals surface area contributed by atoms with Crippen LogP contribution in [0.25, 0.3) is 22.3 Å². The first kappa shape index (κ1) is 41.3. The molecular weight excluding hydrogens is 723 g/mol. The summed E-state index contributed by atoms with van der Waals surface area (Å²) in [5, 5.41) is 0. The molecule has 2 aliphatic heterocycles. The Hall–Kier alpha value is -4.85. The van der Waals surface area contributed by atoms with Crippen LogP contribution in [0.15, 0.2) is 115 Å². The summed E-state index contributed by atoms with van der Waals surface area (Å²) in [6.07, 6.45) is 10.8. The predicted octanol–water partition coefficient (Wildman–Crippen LogP) is 13.2. The van der Waals surface area contributed by atoms with Gasteiger partial charge in [0, 0.05) is 12.1 Å². The maximum Gasteiger partial charge on any atom is 0.222 e. The third kappa shape index (κ3) is 13.6. The van der Waals surface area contributed by atoms with Crippen LogP contribution in [0.1, 0.15) is 79.1 Å². The van der Waals surface area contributed by atoms with Gasteiger partial charge in [-0.2, -0.15) is 4.98 Å². The first-order valence-electron chi connectivity index (χ1n) is 21.5. The van der Waals surface area contributed by atoms with E-state index >= 15 is 0 Å². The van der Waals surface area contributed by atoms with E-state index in [1.54, 1.807) is 0 Å². The molecule has 5 aromatic rings. The molecule has 4 aromatic carbocycles. The van der Waals surface area contributed by atoms with Crippen molar-refractivity contribution in [3.05, 3.63) is 115 Å². The van der Waals surface area contributed by atoms with E-state index in [1.165, 1.54) is 51.4 Å². The van der Waals surface area contributed by atoms with Crippen molar-refractivity contribution >= 4 is 0 Å². The number of rotatable bonds is 24. The molecular formula is C51H61NO6. The molecule has 7 heteroatoms. The summed E-state index contributed by atoms with van der Waals surface area (Å²) in [7, 11) is 0. The number of benzene rings is 4. The summed E-state index contributed by atoms with van der Waals surface area (Å²) in [6, 6.07) is 38.3. The number of hydrogen-bond acceptors (Lipinski definition) is 7. The van der Waals surface area contributed by atoms with Crippen LogP contribution in [0, 0.1) is 23.7 Å². The fraction of sp³-hybridized carbons (Fsp3) is 0.431. The predicted molar refractivity (Wildman–Crippen MR) is 232 cm³/mol. The molecule has 0 saturated carbocycles. The van der Waals surface area contributed by atoms with Gasteiger partial charge in [0.15, 0.2) is 0 Å². The smallest absolute Gasteiger partial charge is 0.222 e. The molecule has 2 aliphatic rings. The summed E-state index contributed by atoms with van der Waals surface area (Å²) < 4.78 is 35.2. The third-order valence-electron chi connectivity index (χ3n) is 11.4. The molecule has 2 fully saturated rings. The number of epoxide rings is 2. The molecule has 0 bridgehead atoms. The maximum absolute atomic E-state index is 6.13. The van der Waals surface area contributed by atoms with Gasteiger partial charge >= 0.3 is 0 Å². The Morgan fingerprint density at radius 2 is 0.776 bits per heavy atom. The van der Waals surface area contributed by atoms with Gasteiger partial charge in [0.1, 0.15) is 23.0 Å². The number of aromatic nitrogens is 1. The Balaban J connectivity index is 0.825. The molecule has 1 aromatic heterocycles. The summed E-state index contributed by atoms with van der Waals surface area (Å²) in [5.41, 5.74) is 4.45. The van der Waals surface area contributed by atoms with Crippen molar-refractivity contribution in [1.82, 2.24) is 4.98 Å². The molecule has 0 amide bonds. The highest BCUT2D eigenvalue weighted by Gasteiger charge is 2.23. The quantitative estimate of drug-likeness (QED) is 0.0577. The van der Waals surface area contributed by atoms with Crippen LogP contribution in [-0.2, 0) is 9.47 Å². The summed E-state index contributed by atoms with van der Waals surface area (Å²) in [6.45, 7) is 12.7. The van der Waals surface area contributed by atoms with Gasteiger partial charge in [-0.3, -0.25) is 0 Å². The van der Waals surface area contributed by atoms with Crippen LogP contribution in [0.2, 0.25) is 0 Å². The summed E-state index contributed by atoms with van der Waals surface area (Å²) in [4.78, 5) is 4.60. The lowest BCUT2D eigenvalue weighted by atomic mass is 9.94. The van der Waals surface area contributed by atoms with Gasteiger partial charge in [-0.25, -0.2) is 0 Å². The number of pyridine rings is 1. The standard InChI is InChI=1S/C51H61NO6/c1-36(12-22-48-34-55-48)8-10-38(3)32-53-44-24-14-40(15-25-44)42-18-28-46(29-19-42)57-50-6-5-7-51(52-50)58-47-30-20-43(21-31-47)41-16-26-45(27-17-41)54-33-39(4)11-9-37(2)13-23-49-35-56-49/h5-7,14-21,24-31,36-39,48-49H,8-13,22-23,32-35H2,1-4H3. The molecule has 0 N–H and O–H groups in total. The van der Waals surface area contributed by atoms with Crippen molar-refractivity contribution in [3.8, 4) is 57.0 Å². The highest BCUT2D eigenvalue weighted by molar-refractivity contribution is 5.66. The molecule has 58 heavy (non-hydrogen) atoms. The van der Waals surface area contributed by atoms with Crippen LogP contribution >= 0.6 is 0 Å². The fourth-order valence-electron chi connectivity index (χ4n) is 7.15. The second kappa shape index (κ2) is 20.7. The Morgan fingerprint density at radius 1 is 0.448 bits per heavy atom. The number of hydrogen-bond donors (Lipinski definition) is 0. The van der Waals surface area contributed by atoms with Crippen LogP contribution in [0.4, 0.5) is 0 Å². The Morgan fingerprint density at radius 3 is 1.12 bits per heavy atom. The fourth-order valence-corrected chi connectivity index (χ4v) is 7.15. The Labute approximate surface area is 346 Å². The highest BCUT2D eigenvalue weighted by atomic mass is 16.6. The zero-order chi connectivity index (χ0) is 40.1. The number of nitrogens with zero attached hydrogens (tertiary/aromatic N) is 1. The van der Waals surface area contributed by atoms with Gasteiger partial charge < -0.3 is 28.4 Å². The molecule has 6 atom stereocenters. The van der Waals surface area contributed by atoms with E-state index in [-0.39, 0.29) is 0 Å². The lowest BCUT2D eigenvalue weighted by Crippen LogP contribution is -2.10. The van der Waals surface area contributed by atoms with Crippen LogP contribution in [-0.4, -0.2) is 43.6 Å². The normalized spacial score (nSPS) is 17.8. The number of ether oxygens (including phenoxy) is 6. The van der Waals surface area contributed by atoms with Gasteiger partial charge in [0.05, 0.1) is 38.6 Å². The van der Waals surface area contributed by atoms with Crippen molar-refractivity contribution in [2.75, 3.05) is 26.4 Å². The van der Waals surface area contributed by atoms with E-state index in [0.29, 0.717) is 47.3 Å². The van der Waals surface area contributed by atoms with E-state index in [0.717, 1.165) is 72.0 Å². The molecule has 0 spiro atoms. The van der Waals surface area contributed by atoms with E-state index in [1.807, 2.05) is 42.5 Å². The largest absolute Gasteiger partial charge is 0.493 e. The molecule has 0 aliphatic carbocycles. The SMILES string of the molecule is CC(CCC(C)COc1ccc(-c2ccc(Oc3cccc(Oc4ccc(-c5ccc(OCC(C)CCC(C)CCC6CO6)cc5)cc4)n3)cc2)cc1)CCC1CO1. The molecule has 6 unspecified atom stereocenters. The molecule has 2 saturated heterocycles. The van der Waals surface area contributed by atoms with Gasteiger partial charge in [0.2, 0.25) is 11.8 Å². The van der Waals surface area contributed by atoms with E-state index < -0.39 is 0 Å². The van der Waals surface area contributed by atoms with Gasteiger partial charge in [-0.15, -0.1) is 0 Å². The first-order valence-corrected chi connectivity index (χ1v) is 21.5. The van der Waals surface area contributed by atoms with Crippen molar-refractivity contribution in [2.45, 2.75) is 91.3 Å². The molecule has 306 valence electrons. The van der Waals surface area contributed by atoms with Gasteiger partial charge in [0.25, 0.3) is 0 Å². The van der Waals surface area contributed by atoms with Crippen molar-refractivity contribution in [3.63, 3.8) is 0 Å². The zero-order valence-corrected chi connectivity index (χ0v) is 34.8. The van der Waals surface area contributed by atoms with Crippen molar-refractivity contribution in [1.29, 1.82) is 0 Å². The topological polar surface area (TPSA) is 74.9 Å².